The maximum atomic E-state index is 14.3. The zero-order valence-electron chi connectivity index (χ0n) is 14.6. The summed E-state index contributed by atoms with van der Waals surface area (Å²) in [6, 6.07) is 1.22. The monoisotopic (exact) mass is 391 g/mol. The van der Waals surface area contributed by atoms with E-state index < -0.39 is 23.6 Å². The molecule has 142 valence electrons. The van der Waals surface area contributed by atoms with Gasteiger partial charge < -0.3 is 20.5 Å². The predicted molar refractivity (Wildman–Crippen MR) is 100.0 cm³/mol. The van der Waals surface area contributed by atoms with Crippen LogP contribution in [0.5, 0.6) is 0 Å². The molecule has 0 spiro atoms. The van der Waals surface area contributed by atoms with Crippen LogP contribution in [-0.2, 0) is 0 Å². The van der Waals surface area contributed by atoms with E-state index in [1.165, 1.54) is 6.20 Å². The summed E-state index contributed by atoms with van der Waals surface area (Å²) >= 11 is 6.02. The number of aromatic nitrogens is 4. The van der Waals surface area contributed by atoms with Crippen LogP contribution in [0.1, 0.15) is 26.2 Å². The third-order valence-electron chi connectivity index (χ3n) is 5.02. The van der Waals surface area contributed by atoms with Crippen LogP contribution in [0.4, 0.5) is 10.2 Å². The van der Waals surface area contributed by atoms with E-state index in [4.69, 9.17) is 11.6 Å². The fourth-order valence-corrected chi connectivity index (χ4v) is 3.66. The highest BCUT2D eigenvalue weighted by Crippen LogP contribution is 2.32. The van der Waals surface area contributed by atoms with Gasteiger partial charge in [-0.3, -0.25) is 0 Å². The van der Waals surface area contributed by atoms with Crippen LogP contribution in [0.25, 0.3) is 22.4 Å². The van der Waals surface area contributed by atoms with Crippen molar-refractivity contribution in [1.29, 1.82) is 0 Å². The Labute approximate surface area is 159 Å². The molecule has 0 bridgehead atoms. The van der Waals surface area contributed by atoms with Gasteiger partial charge in [0.2, 0.25) is 0 Å². The van der Waals surface area contributed by atoms with Gasteiger partial charge in [0.1, 0.15) is 11.8 Å². The van der Waals surface area contributed by atoms with Gasteiger partial charge in [0.15, 0.2) is 17.5 Å². The molecule has 0 aromatic carbocycles. The van der Waals surface area contributed by atoms with Gasteiger partial charge in [0.25, 0.3) is 0 Å². The summed E-state index contributed by atoms with van der Waals surface area (Å²) in [4.78, 5) is 15.6. The minimum absolute atomic E-state index is 0.0221. The summed E-state index contributed by atoms with van der Waals surface area (Å²) in [7, 11) is 0. The first-order valence-electron chi connectivity index (χ1n) is 8.68. The normalized spacial score (nSPS) is 25.7. The lowest BCUT2D eigenvalue weighted by atomic mass is 9.80. The zero-order chi connectivity index (χ0) is 19.2. The third-order valence-corrected chi connectivity index (χ3v) is 5.23. The molecule has 0 radical (unpaired) electrons. The van der Waals surface area contributed by atoms with E-state index in [-0.39, 0.29) is 5.82 Å². The zero-order valence-corrected chi connectivity index (χ0v) is 15.3. The van der Waals surface area contributed by atoms with E-state index in [0.717, 1.165) is 11.6 Å². The molecule has 3 aromatic rings. The Morgan fingerprint density at radius 2 is 2.19 bits per heavy atom. The second kappa shape index (κ2) is 6.70. The van der Waals surface area contributed by atoms with Gasteiger partial charge in [0, 0.05) is 23.3 Å². The molecule has 0 unspecified atom stereocenters. The number of pyridine rings is 1. The lowest BCUT2D eigenvalue weighted by Gasteiger charge is -2.39. The topological polar surface area (TPSA) is 107 Å². The largest absolute Gasteiger partial charge is 0.388 e. The number of aromatic amines is 1. The molecular formula is C18H19ClFN5O2. The minimum atomic E-state index is -1.22. The molecule has 4 N–H and O–H groups in total. The number of aliphatic hydroxyl groups excluding tert-OH is 1. The van der Waals surface area contributed by atoms with Crippen molar-refractivity contribution in [3.8, 4) is 11.4 Å². The van der Waals surface area contributed by atoms with Gasteiger partial charge in [-0.05, 0) is 32.3 Å². The van der Waals surface area contributed by atoms with Gasteiger partial charge in [-0.15, -0.1) is 0 Å². The molecule has 3 aromatic heterocycles. The van der Waals surface area contributed by atoms with Crippen molar-refractivity contribution in [3.63, 3.8) is 0 Å². The summed E-state index contributed by atoms with van der Waals surface area (Å²) < 4.78 is 14.3. The summed E-state index contributed by atoms with van der Waals surface area (Å²) in [5.74, 6) is -0.357. The maximum Gasteiger partial charge on any atom is 0.183 e. The van der Waals surface area contributed by atoms with Crippen LogP contribution in [-0.4, -0.2) is 47.9 Å². The summed E-state index contributed by atoms with van der Waals surface area (Å²) in [5.41, 5.74) is 0.0384. The Morgan fingerprint density at radius 3 is 3.00 bits per heavy atom. The molecule has 1 saturated carbocycles. The van der Waals surface area contributed by atoms with Crippen molar-refractivity contribution >= 4 is 28.5 Å². The van der Waals surface area contributed by atoms with Crippen molar-refractivity contribution < 1.29 is 14.6 Å². The average molecular weight is 392 g/mol. The van der Waals surface area contributed by atoms with E-state index in [0.29, 0.717) is 41.3 Å². The highest BCUT2D eigenvalue weighted by Gasteiger charge is 2.40. The van der Waals surface area contributed by atoms with Gasteiger partial charge in [-0.2, -0.15) is 0 Å². The van der Waals surface area contributed by atoms with Crippen LogP contribution in [0.15, 0.2) is 24.7 Å². The van der Waals surface area contributed by atoms with Crippen LogP contribution < -0.4 is 5.32 Å². The standard InChI is InChI=1S/C18H19ClFN5O2/c1-18(27)4-2-3-13(14(18)26)24-17-12(20)8-23-16(25-17)11-7-22-15-10(11)5-9(19)6-21-15/h5-8,13-14,26-27H,2-4H2,1H3,(H,21,22)(H,23,24,25)/t13-,14+,18+/m0/s1. The minimum Gasteiger partial charge on any atom is -0.388 e. The van der Waals surface area contributed by atoms with Crippen LogP contribution in [0.2, 0.25) is 5.02 Å². The first kappa shape index (κ1) is 18.1. The van der Waals surface area contributed by atoms with Gasteiger partial charge in [0.05, 0.1) is 22.9 Å². The Hall–Kier alpha value is -2.29. The molecule has 9 heteroatoms. The van der Waals surface area contributed by atoms with Gasteiger partial charge in [-0.25, -0.2) is 19.3 Å². The SMILES string of the molecule is C[C@@]1(O)CCC[C@H](Nc2nc(-c3c[nH]c4ncc(Cl)cc34)ncc2F)[C@H]1O. The number of H-pyrrole nitrogens is 1. The molecule has 0 saturated heterocycles. The lowest BCUT2D eigenvalue weighted by Crippen LogP contribution is -2.53. The molecule has 1 aliphatic carbocycles. The Bertz CT molecular complexity index is 993. The Balaban J connectivity index is 1.68. The molecule has 1 fully saturated rings. The number of hydrogen-bond donors (Lipinski definition) is 4. The maximum absolute atomic E-state index is 14.3. The van der Waals surface area contributed by atoms with E-state index in [1.807, 2.05) is 0 Å². The fraction of sp³-hybridized carbons (Fsp3) is 0.389. The molecule has 27 heavy (non-hydrogen) atoms. The number of halogens is 2. The smallest absolute Gasteiger partial charge is 0.183 e. The third kappa shape index (κ3) is 3.36. The van der Waals surface area contributed by atoms with Crippen LogP contribution >= 0.6 is 11.6 Å². The van der Waals surface area contributed by atoms with E-state index >= 15 is 0 Å². The Kier molecular flexibility index (Phi) is 4.49. The molecule has 7 nitrogen and oxygen atoms in total. The van der Waals surface area contributed by atoms with E-state index in [2.05, 4.69) is 25.3 Å². The second-order valence-corrected chi connectivity index (χ2v) is 7.52. The molecule has 4 rings (SSSR count). The molecule has 0 aliphatic heterocycles. The molecular weight excluding hydrogens is 373 g/mol. The fourth-order valence-electron chi connectivity index (χ4n) is 3.51. The lowest BCUT2D eigenvalue weighted by molar-refractivity contribution is -0.0919. The van der Waals surface area contributed by atoms with Crippen molar-refractivity contribution in [2.75, 3.05) is 5.32 Å². The highest BCUT2D eigenvalue weighted by atomic mass is 35.5. The molecule has 3 atom stereocenters. The Morgan fingerprint density at radius 1 is 1.37 bits per heavy atom. The second-order valence-electron chi connectivity index (χ2n) is 7.09. The number of rotatable bonds is 3. The number of anilines is 1. The predicted octanol–water partition coefficient (Wildman–Crippen LogP) is 2.89. The van der Waals surface area contributed by atoms with E-state index in [1.54, 1.807) is 19.2 Å². The van der Waals surface area contributed by atoms with Crippen LogP contribution in [0.3, 0.4) is 0 Å². The molecule has 0 amide bonds. The number of aliphatic hydroxyl groups is 2. The number of hydrogen-bond acceptors (Lipinski definition) is 6. The van der Waals surface area contributed by atoms with Gasteiger partial charge >= 0.3 is 0 Å². The van der Waals surface area contributed by atoms with Crippen LogP contribution in [0, 0.1) is 5.82 Å². The van der Waals surface area contributed by atoms with Gasteiger partial charge in [-0.1, -0.05) is 11.6 Å². The molecule has 1 aliphatic rings. The molecule has 3 heterocycles. The quantitative estimate of drug-likeness (QED) is 0.547. The number of nitrogens with one attached hydrogen (secondary N) is 2. The van der Waals surface area contributed by atoms with Crippen molar-refractivity contribution in [2.45, 2.75) is 43.9 Å². The first-order valence-corrected chi connectivity index (χ1v) is 9.05. The average Bonchev–Trinajstić information content (AvgIpc) is 3.04. The van der Waals surface area contributed by atoms with E-state index in [9.17, 15) is 14.6 Å². The highest BCUT2D eigenvalue weighted by molar-refractivity contribution is 6.31. The van der Waals surface area contributed by atoms with Crippen molar-refractivity contribution in [3.05, 3.63) is 35.5 Å². The summed E-state index contributed by atoms with van der Waals surface area (Å²) in [5, 5.41) is 24.8. The number of nitrogens with zero attached hydrogens (tertiary/aromatic N) is 3. The number of fused-ring (bicyclic) bond motifs is 1. The van der Waals surface area contributed by atoms with Crippen molar-refractivity contribution in [2.24, 2.45) is 0 Å². The summed E-state index contributed by atoms with van der Waals surface area (Å²) in [6.07, 6.45) is 5.07. The summed E-state index contributed by atoms with van der Waals surface area (Å²) in [6.45, 7) is 1.58. The van der Waals surface area contributed by atoms with Crippen molar-refractivity contribution in [1.82, 2.24) is 19.9 Å². The first-order chi connectivity index (χ1) is 12.8.